The first kappa shape index (κ1) is 20.5. The molecule has 0 saturated carbocycles. The quantitative estimate of drug-likeness (QED) is 0.751. The van der Waals surface area contributed by atoms with Gasteiger partial charge in [-0.3, -0.25) is 14.5 Å². The van der Waals surface area contributed by atoms with Gasteiger partial charge in [-0.25, -0.2) is 0 Å². The maximum Gasteiger partial charge on any atom is 0.248 e. The molecule has 0 unspecified atom stereocenters. The van der Waals surface area contributed by atoms with Crippen LogP contribution < -0.4 is 16.0 Å². The lowest BCUT2D eigenvalue weighted by atomic mass is 10.1. The zero-order valence-corrected chi connectivity index (χ0v) is 16.4. The highest BCUT2D eigenvalue weighted by molar-refractivity contribution is 5.96. The van der Waals surface area contributed by atoms with E-state index in [9.17, 15) is 9.59 Å². The summed E-state index contributed by atoms with van der Waals surface area (Å²) in [6, 6.07) is 14.6. The van der Waals surface area contributed by atoms with Gasteiger partial charge in [-0.05, 0) is 55.4 Å². The van der Waals surface area contributed by atoms with Crippen LogP contribution in [-0.4, -0.2) is 43.4 Å². The van der Waals surface area contributed by atoms with Gasteiger partial charge in [0.1, 0.15) is 0 Å². The molecule has 0 radical (unpaired) electrons. The summed E-state index contributed by atoms with van der Waals surface area (Å²) in [6.45, 7) is 5.38. The summed E-state index contributed by atoms with van der Waals surface area (Å²) in [5, 5.41) is 2.89. The van der Waals surface area contributed by atoms with Gasteiger partial charge in [-0.15, -0.1) is 0 Å². The second-order valence-electron chi connectivity index (χ2n) is 6.73. The largest absolute Gasteiger partial charge is 0.378 e. The van der Waals surface area contributed by atoms with Crippen LogP contribution >= 0.6 is 0 Å². The van der Waals surface area contributed by atoms with Crippen molar-refractivity contribution in [2.45, 2.75) is 26.4 Å². The molecular formula is C21H28N4O2. The smallest absolute Gasteiger partial charge is 0.248 e. The zero-order chi connectivity index (χ0) is 20.0. The summed E-state index contributed by atoms with van der Waals surface area (Å²) in [5.74, 6) is -0.577. The molecule has 0 aliphatic carbocycles. The molecule has 2 rings (SSSR count). The number of likely N-dealkylation sites (N-methyl/N-ethyl adjacent to an activating group) is 1. The Bertz CT molecular complexity index is 770. The molecule has 27 heavy (non-hydrogen) atoms. The molecule has 1 atom stereocenters. The number of anilines is 2. The first-order valence-electron chi connectivity index (χ1n) is 9.03. The van der Waals surface area contributed by atoms with E-state index in [2.05, 4.69) is 39.4 Å². The number of rotatable bonds is 8. The number of hydrogen-bond acceptors (Lipinski definition) is 4. The van der Waals surface area contributed by atoms with E-state index in [1.54, 1.807) is 24.3 Å². The third kappa shape index (κ3) is 5.56. The van der Waals surface area contributed by atoms with Crippen molar-refractivity contribution in [3.63, 3.8) is 0 Å². The van der Waals surface area contributed by atoms with Gasteiger partial charge in [0.25, 0.3) is 0 Å². The lowest BCUT2D eigenvalue weighted by Crippen LogP contribution is -2.41. The molecule has 0 heterocycles. The van der Waals surface area contributed by atoms with Crippen LogP contribution in [0.25, 0.3) is 0 Å². The number of primary amides is 1. The topological polar surface area (TPSA) is 78.7 Å². The minimum Gasteiger partial charge on any atom is -0.378 e. The molecular weight excluding hydrogens is 340 g/mol. The molecule has 6 nitrogen and oxygen atoms in total. The van der Waals surface area contributed by atoms with E-state index >= 15 is 0 Å². The first-order chi connectivity index (χ1) is 12.8. The summed E-state index contributed by atoms with van der Waals surface area (Å²) in [5.41, 5.74) is 8.60. The molecule has 0 aromatic heterocycles. The van der Waals surface area contributed by atoms with Gasteiger partial charge in [0.15, 0.2) is 0 Å². The maximum absolute atomic E-state index is 12.6. The highest BCUT2D eigenvalue weighted by atomic mass is 16.2. The van der Waals surface area contributed by atoms with Crippen LogP contribution in [0.2, 0.25) is 0 Å². The van der Waals surface area contributed by atoms with Crippen molar-refractivity contribution in [3.8, 4) is 0 Å². The Labute approximate surface area is 161 Å². The van der Waals surface area contributed by atoms with Crippen LogP contribution in [0.1, 0.15) is 29.8 Å². The monoisotopic (exact) mass is 368 g/mol. The summed E-state index contributed by atoms with van der Waals surface area (Å²) in [7, 11) is 4.02. The van der Waals surface area contributed by atoms with Crippen molar-refractivity contribution in [1.29, 1.82) is 0 Å². The molecule has 3 N–H and O–H groups in total. The molecule has 2 aromatic carbocycles. The molecule has 2 amide bonds. The average Bonchev–Trinajstić information content (AvgIpc) is 2.66. The summed E-state index contributed by atoms with van der Waals surface area (Å²) >= 11 is 0. The molecule has 6 heteroatoms. The van der Waals surface area contributed by atoms with Crippen LogP contribution in [0.15, 0.2) is 48.5 Å². The Morgan fingerprint density at radius 3 is 2.11 bits per heavy atom. The number of amides is 2. The van der Waals surface area contributed by atoms with Crippen LogP contribution in [0.3, 0.4) is 0 Å². The van der Waals surface area contributed by atoms with Crippen molar-refractivity contribution < 1.29 is 9.59 Å². The molecule has 0 bridgehead atoms. The number of nitrogens with one attached hydrogen (secondary N) is 1. The fraction of sp³-hybridized carbons (Fsp3) is 0.333. The van der Waals surface area contributed by atoms with E-state index in [0.29, 0.717) is 17.8 Å². The average molecular weight is 368 g/mol. The lowest BCUT2D eigenvalue weighted by molar-refractivity contribution is -0.120. The summed E-state index contributed by atoms with van der Waals surface area (Å²) in [6.07, 6.45) is 0. The summed E-state index contributed by atoms with van der Waals surface area (Å²) < 4.78 is 0. The van der Waals surface area contributed by atoms with Crippen LogP contribution in [-0.2, 0) is 11.3 Å². The molecule has 0 fully saturated rings. The molecule has 144 valence electrons. The van der Waals surface area contributed by atoms with E-state index in [1.807, 2.05) is 27.9 Å². The minimum absolute atomic E-state index is 0.0893. The SMILES string of the molecule is CCN(Cc1ccc(N(C)C)cc1)[C@H](C)C(=O)Nc1ccc(C(N)=O)cc1. The third-order valence-corrected chi connectivity index (χ3v) is 4.61. The number of carbonyl (C=O) groups is 2. The van der Waals surface area contributed by atoms with Crippen LogP contribution in [0, 0.1) is 0 Å². The van der Waals surface area contributed by atoms with Gasteiger partial charge >= 0.3 is 0 Å². The standard InChI is InChI=1S/C21H28N4O2/c1-5-25(14-16-6-12-19(13-7-16)24(3)4)15(2)21(27)23-18-10-8-17(9-11-18)20(22)26/h6-13,15H,5,14H2,1-4H3,(H2,22,26)(H,23,27)/t15-/m1/s1. The Hall–Kier alpha value is -2.86. The van der Waals surface area contributed by atoms with Gasteiger partial charge in [-0.2, -0.15) is 0 Å². The predicted molar refractivity (Wildman–Crippen MR) is 110 cm³/mol. The molecule has 2 aromatic rings. The molecule has 0 spiro atoms. The Morgan fingerprint density at radius 2 is 1.63 bits per heavy atom. The number of nitrogens with zero attached hydrogens (tertiary/aromatic N) is 2. The van der Waals surface area contributed by atoms with Gasteiger partial charge in [-0.1, -0.05) is 19.1 Å². The Balaban J connectivity index is 2.00. The van der Waals surface area contributed by atoms with E-state index in [0.717, 1.165) is 17.8 Å². The fourth-order valence-corrected chi connectivity index (χ4v) is 2.79. The van der Waals surface area contributed by atoms with E-state index in [-0.39, 0.29) is 11.9 Å². The highest BCUT2D eigenvalue weighted by Gasteiger charge is 2.20. The van der Waals surface area contributed by atoms with Crippen LogP contribution in [0.5, 0.6) is 0 Å². The first-order valence-corrected chi connectivity index (χ1v) is 9.03. The second-order valence-corrected chi connectivity index (χ2v) is 6.73. The molecule has 0 saturated heterocycles. The van der Waals surface area contributed by atoms with E-state index in [4.69, 9.17) is 5.73 Å². The Morgan fingerprint density at radius 1 is 1.04 bits per heavy atom. The van der Waals surface area contributed by atoms with Crippen molar-refractivity contribution in [2.75, 3.05) is 30.9 Å². The number of benzene rings is 2. The van der Waals surface area contributed by atoms with Crippen molar-refractivity contribution in [3.05, 3.63) is 59.7 Å². The van der Waals surface area contributed by atoms with Crippen molar-refractivity contribution >= 4 is 23.2 Å². The normalized spacial score (nSPS) is 11.9. The fourth-order valence-electron chi connectivity index (χ4n) is 2.79. The van der Waals surface area contributed by atoms with E-state index in [1.165, 1.54) is 0 Å². The van der Waals surface area contributed by atoms with Crippen molar-refractivity contribution in [2.24, 2.45) is 5.73 Å². The lowest BCUT2D eigenvalue weighted by Gasteiger charge is -2.27. The maximum atomic E-state index is 12.6. The van der Waals surface area contributed by atoms with Gasteiger partial charge in [0.2, 0.25) is 11.8 Å². The third-order valence-electron chi connectivity index (χ3n) is 4.61. The van der Waals surface area contributed by atoms with Gasteiger partial charge in [0.05, 0.1) is 6.04 Å². The summed E-state index contributed by atoms with van der Waals surface area (Å²) in [4.78, 5) is 27.9. The minimum atomic E-state index is -0.487. The van der Waals surface area contributed by atoms with Crippen molar-refractivity contribution in [1.82, 2.24) is 4.90 Å². The number of carbonyl (C=O) groups excluding carboxylic acids is 2. The van der Waals surface area contributed by atoms with Gasteiger partial charge in [0, 0.05) is 37.6 Å². The second kappa shape index (κ2) is 9.19. The van der Waals surface area contributed by atoms with Gasteiger partial charge < -0.3 is 16.0 Å². The van der Waals surface area contributed by atoms with E-state index < -0.39 is 5.91 Å². The molecule has 0 aliphatic heterocycles. The number of nitrogens with two attached hydrogens (primary N) is 1. The Kier molecular flexibility index (Phi) is 6.96. The zero-order valence-electron chi connectivity index (χ0n) is 16.4. The molecule has 0 aliphatic rings. The number of hydrogen-bond donors (Lipinski definition) is 2. The predicted octanol–water partition coefficient (Wildman–Crippen LogP) is 2.70. The highest BCUT2D eigenvalue weighted by Crippen LogP contribution is 2.16. The van der Waals surface area contributed by atoms with Crippen LogP contribution in [0.4, 0.5) is 11.4 Å².